The summed E-state index contributed by atoms with van der Waals surface area (Å²) in [6, 6.07) is 7.90. The van der Waals surface area contributed by atoms with Crippen LogP contribution in [0.25, 0.3) is 0 Å². The van der Waals surface area contributed by atoms with E-state index in [0.717, 1.165) is 0 Å². The molecule has 1 radical (unpaired) electrons. The molecular formula is C9H6ClO. The van der Waals surface area contributed by atoms with Crippen LogP contribution >= 0.6 is 11.6 Å². The SMILES string of the molecule is C#CCOc1c[c]ccc1Cl. The normalized spacial score (nSPS) is 8.73. The molecule has 0 aliphatic carbocycles. The molecule has 0 amide bonds. The molecule has 1 aromatic rings. The van der Waals surface area contributed by atoms with Crippen LogP contribution in [0.5, 0.6) is 5.75 Å². The van der Waals surface area contributed by atoms with E-state index in [4.69, 9.17) is 22.8 Å². The van der Waals surface area contributed by atoms with Gasteiger partial charge < -0.3 is 4.74 Å². The highest BCUT2D eigenvalue weighted by Crippen LogP contribution is 2.22. The second-order valence-electron chi connectivity index (χ2n) is 1.85. The van der Waals surface area contributed by atoms with Crippen molar-refractivity contribution in [2.75, 3.05) is 6.61 Å². The van der Waals surface area contributed by atoms with E-state index >= 15 is 0 Å². The summed E-state index contributed by atoms with van der Waals surface area (Å²) in [4.78, 5) is 0. The van der Waals surface area contributed by atoms with Crippen molar-refractivity contribution >= 4 is 11.6 Å². The van der Waals surface area contributed by atoms with Crippen LogP contribution in [0.1, 0.15) is 0 Å². The summed E-state index contributed by atoms with van der Waals surface area (Å²) in [6.45, 7) is 0.234. The Bertz CT molecular complexity index is 275. The molecule has 0 fully saturated rings. The molecule has 1 aromatic carbocycles. The topological polar surface area (TPSA) is 9.23 Å². The minimum absolute atomic E-state index is 0.234. The molecule has 0 saturated heterocycles. The number of rotatable bonds is 2. The highest BCUT2D eigenvalue weighted by molar-refractivity contribution is 6.32. The first-order chi connectivity index (χ1) is 5.34. The van der Waals surface area contributed by atoms with Gasteiger partial charge in [-0.1, -0.05) is 23.6 Å². The molecule has 1 rings (SSSR count). The van der Waals surface area contributed by atoms with E-state index in [0.29, 0.717) is 10.8 Å². The van der Waals surface area contributed by atoms with Crippen molar-refractivity contribution in [3.05, 3.63) is 29.3 Å². The van der Waals surface area contributed by atoms with Crippen molar-refractivity contribution < 1.29 is 4.74 Å². The fraction of sp³-hybridized carbons (Fsp3) is 0.111. The molecule has 0 saturated carbocycles. The maximum absolute atomic E-state index is 5.75. The number of benzene rings is 1. The first-order valence-corrected chi connectivity index (χ1v) is 3.44. The first-order valence-electron chi connectivity index (χ1n) is 3.06. The lowest BCUT2D eigenvalue weighted by Gasteiger charge is -2.02. The molecular weight excluding hydrogens is 160 g/mol. The Hall–Kier alpha value is -1.13. The summed E-state index contributed by atoms with van der Waals surface area (Å²) in [5.41, 5.74) is 0. The summed E-state index contributed by atoms with van der Waals surface area (Å²) < 4.78 is 5.09. The molecule has 2 heteroatoms. The van der Waals surface area contributed by atoms with Gasteiger partial charge in [0.15, 0.2) is 0 Å². The zero-order valence-corrected chi connectivity index (χ0v) is 6.56. The van der Waals surface area contributed by atoms with Crippen LogP contribution in [-0.2, 0) is 0 Å². The second kappa shape index (κ2) is 3.90. The van der Waals surface area contributed by atoms with Gasteiger partial charge in [0.25, 0.3) is 0 Å². The smallest absolute Gasteiger partial charge is 0.148 e. The maximum Gasteiger partial charge on any atom is 0.148 e. The minimum atomic E-state index is 0.234. The summed E-state index contributed by atoms with van der Waals surface area (Å²) in [5, 5.41) is 0.555. The minimum Gasteiger partial charge on any atom is -0.479 e. The van der Waals surface area contributed by atoms with Crippen LogP contribution in [0.2, 0.25) is 5.02 Å². The molecule has 0 spiro atoms. The molecule has 0 heterocycles. The van der Waals surface area contributed by atoms with E-state index in [1.165, 1.54) is 0 Å². The summed E-state index contributed by atoms with van der Waals surface area (Å²) in [6.07, 6.45) is 5.00. The zero-order valence-electron chi connectivity index (χ0n) is 5.80. The zero-order chi connectivity index (χ0) is 8.10. The predicted octanol–water partition coefficient (Wildman–Crippen LogP) is 2.15. The van der Waals surface area contributed by atoms with Crippen molar-refractivity contribution in [3.8, 4) is 18.1 Å². The summed E-state index contributed by atoms with van der Waals surface area (Å²) in [5.74, 6) is 2.92. The van der Waals surface area contributed by atoms with E-state index in [9.17, 15) is 0 Å². The van der Waals surface area contributed by atoms with Gasteiger partial charge in [0, 0.05) is 0 Å². The molecule has 0 aliphatic heterocycles. The van der Waals surface area contributed by atoms with Gasteiger partial charge in [-0.3, -0.25) is 0 Å². The molecule has 55 valence electrons. The lowest BCUT2D eigenvalue weighted by molar-refractivity contribution is 0.370. The molecule has 0 aliphatic rings. The lowest BCUT2D eigenvalue weighted by Crippen LogP contribution is -1.93. The first kappa shape index (κ1) is 7.97. The van der Waals surface area contributed by atoms with Crippen molar-refractivity contribution in [1.29, 1.82) is 0 Å². The maximum atomic E-state index is 5.75. The number of halogens is 1. The highest BCUT2D eigenvalue weighted by Gasteiger charge is 1.96. The van der Waals surface area contributed by atoms with Crippen LogP contribution < -0.4 is 4.74 Å². The monoisotopic (exact) mass is 165 g/mol. The Morgan fingerprint density at radius 3 is 3.18 bits per heavy atom. The van der Waals surface area contributed by atoms with E-state index in [1.807, 2.05) is 0 Å². The molecule has 0 aromatic heterocycles. The Labute approximate surface area is 70.9 Å². The van der Waals surface area contributed by atoms with Crippen molar-refractivity contribution in [3.63, 3.8) is 0 Å². The fourth-order valence-electron chi connectivity index (χ4n) is 0.626. The lowest BCUT2D eigenvalue weighted by atomic mass is 10.3. The van der Waals surface area contributed by atoms with E-state index in [-0.39, 0.29) is 6.61 Å². The van der Waals surface area contributed by atoms with Crippen LogP contribution in [0, 0.1) is 18.4 Å². The second-order valence-corrected chi connectivity index (χ2v) is 2.26. The molecule has 11 heavy (non-hydrogen) atoms. The number of hydrogen-bond donors (Lipinski definition) is 0. The van der Waals surface area contributed by atoms with Crippen LogP contribution in [0.4, 0.5) is 0 Å². The molecule has 0 unspecified atom stereocenters. The third kappa shape index (κ3) is 2.18. The van der Waals surface area contributed by atoms with Crippen molar-refractivity contribution in [1.82, 2.24) is 0 Å². The van der Waals surface area contributed by atoms with Crippen molar-refractivity contribution in [2.45, 2.75) is 0 Å². The van der Waals surface area contributed by atoms with Gasteiger partial charge in [-0.05, 0) is 18.2 Å². The average Bonchev–Trinajstić information content (AvgIpc) is 2.03. The van der Waals surface area contributed by atoms with E-state index in [1.54, 1.807) is 18.2 Å². The quantitative estimate of drug-likeness (QED) is 0.611. The van der Waals surface area contributed by atoms with Crippen LogP contribution in [0.3, 0.4) is 0 Å². The standard InChI is InChI=1S/C9H6ClO/c1-2-7-11-9-6-4-3-5-8(9)10/h1,3,5-6H,7H2. The molecule has 0 atom stereocenters. The average molecular weight is 166 g/mol. The number of terminal acetylenes is 1. The predicted molar refractivity (Wildman–Crippen MR) is 44.6 cm³/mol. The van der Waals surface area contributed by atoms with Gasteiger partial charge in [0.1, 0.15) is 12.4 Å². The fourth-order valence-corrected chi connectivity index (χ4v) is 0.798. The third-order valence-electron chi connectivity index (χ3n) is 1.09. The molecule has 0 bridgehead atoms. The Morgan fingerprint density at radius 2 is 2.55 bits per heavy atom. The van der Waals surface area contributed by atoms with Gasteiger partial charge in [-0.15, -0.1) is 6.42 Å². The molecule has 1 nitrogen and oxygen atoms in total. The summed E-state index contributed by atoms with van der Waals surface area (Å²) >= 11 is 5.75. The van der Waals surface area contributed by atoms with Gasteiger partial charge in [-0.25, -0.2) is 0 Å². The van der Waals surface area contributed by atoms with E-state index in [2.05, 4.69) is 12.0 Å². The number of ether oxygens (including phenoxy) is 1. The highest BCUT2D eigenvalue weighted by atomic mass is 35.5. The summed E-state index contributed by atoms with van der Waals surface area (Å²) in [7, 11) is 0. The van der Waals surface area contributed by atoms with Gasteiger partial charge in [0.2, 0.25) is 0 Å². The third-order valence-corrected chi connectivity index (χ3v) is 1.40. The van der Waals surface area contributed by atoms with Crippen molar-refractivity contribution in [2.24, 2.45) is 0 Å². The Kier molecular flexibility index (Phi) is 2.83. The Balaban J connectivity index is 2.71. The number of hydrogen-bond acceptors (Lipinski definition) is 1. The Morgan fingerprint density at radius 1 is 1.73 bits per heavy atom. The van der Waals surface area contributed by atoms with Crippen LogP contribution in [0.15, 0.2) is 18.2 Å². The van der Waals surface area contributed by atoms with Gasteiger partial charge >= 0.3 is 0 Å². The van der Waals surface area contributed by atoms with Gasteiger partial charge in [0.05, 0.1) is 5.02 Å². The van der Waals surface area contributed by atoms with E-state index < -0.39 is 0 Å². The van der Waals surface area contributed by atoms with Gasteiger partial charge in [-0.2, -0.15) is 0 Å². The molecule has 0 N–H and O–H groups in total. The largest absolute Gasteiger partial charge is 0.479 e. The van der Waals surface area contributed by atoms with Crippen LogP contribution in [-0.4, -0.2) is 6.61 Å².